The zero-order valence-electron chi connectivity index (χ0n) is 10.6. The van der Waals surface area contributed by atoms with Crippen LogP contribution >= 0.6 is 11.6 Å². The SMILES string of the molecule is Cc1cc(Cl)nc(CN2CCOC3CCCC32)n1. The molecule has 2 atom stereocenters. The summed E-state index contributed by atoms with van der Waals surface area (Å²) >= 11 is 5.98. The molecular formula is C13H18ClN3O. The van der Waals surface area contributed by atoms with Gasteiger partial charge in [0.1, 0.15) is 11.0 Å². The first-order valence-corrected chi connectivity index (χ1v) is 6.96. The molecule has 3 rings (SSSR count). The second kappa shape index (κ2) is 5.11. The first-order chi connectivity index (χ1) is 8.72. The van der Waals surface area contributed by atoms with E-state index in [4.69, 9.17) is 16.3 Å². The highest BCUT2D eigenvalue weighted by Gasteiger charge is 2.36. The summed E-state index contributed by atoms with van der Waals surface area (Å²) in [6, 6.07) is 2.34. The Morgan fingerprint density at radius 1 is 1.44 bits per heavy atom. The fraction of sp³-hybridized carbons (Fsp3) is 0.692. The zero-order valence-corrected chi connectivity index (χ0v) is 11.4. The number of hydrogen-bond donors (Lipinski definition) is 0. The van der Waals surface area contributed by atoms with Crippen LogP contribution in [-0.2, 0) is 11.3 Å². The molecule has 0 amide bonds. The van der Waals surface area contributed by atoms with Crippen molar-refractivity contribution < 1.29 is 4.74 Å². The van der Waals surface area contributed by atoms with Crippen molar-refractivity contribution in [3.8, 4) is 0 Å². The molecule has 18 heavy (non-hydrogen) atoms. The van der Waals surface area contributed by atoms with Gasteiger partial charge in [0.15, 0.2) is 0 Å². The zero-order chi connectivity index (χ0) is 12.5. The van der Waals surface area contributed by atoms with Gasteiger partial charge in [-0.1, -0.05) is 11.6 Å². The molecular weight excluding hydrogens is 250 g/mol. The summed E-state index contributed by atoms with van der Waals surface area (Å²) in [5.74, 6) is 0.826. The molecule has 0 bridgehead atoms. The Morgan fingerprint density at radius 3 is 3.17 bits per heavy atom. The van der Waals surface area contributed by atoms with Gasteiger partial charge >= 0.3 is 0 Å². The summed E-state index contributed by atoms with van der Waals surface area (Å²) < 4.78 is 5.81. The minimum absolute atomic E-state index is 0.416. The Balaban J connectivity index is 1.74. The van der Waals surface area contributed by atoms with E-state index in [2.05, 4.69) is 14.9 Å². The number of morpholine rings is 1. The number of nitrogens with zero attached hydrogens (tertiary/aromatic N) is 3. The molecule has 0 spiro atoms. The van der Waals surface area contributed by atoms with Gasteiger partial charge in [-0.3, -0.25) is 4.90 Å². The third kappa shape index (κ3) is 2.51. The van der Waals surface area contributed by atoms with Crippen molar-refractivity contribution in [3.05, 3.63) is 22.7 Å². The highest BCUT2D eigenvalue weighted by molar-refractivity contribution is 6.29. The normalized spacial score (nSPS) is 28.3. The predicted octanol–water partition coefficient (Wildman–Crippen LogP) is 2.19. The fourth-order valence-electron chi connectivity index (χ4n) is 3.04. The van der Waals surface area contributed by atoms with Gasteiger partial charge in [0, 0.05) is 18.3 Å². The number of aromatic nitrogens is 2. The molecule has 1 aromatic rings. The molecule has 5 heteroatoms. The number of rotatable bonds is 2. The van der Waals surface area contributed by atoms with Gasteiger partial charge in [0.2, 0.25) is 0 Å². The van der Waals surface area contributed by atoms with Gasteiger partial charge in [-0.05, 0) is 32.3 Å². The van der Waals surface area contributed by atoms with Crippen LogP contribution in [0.5, 0.6) is 0 Å². The number of halogens is 1. The quantitative estimate of drug-likeness (QED) is 0.770. The van der Waals surface area contributed by atoms with Gasteiger partial charge < -0.3 is 4.74 Å². The molecule has 0 aromatic carbocycles. The maximum absolute atomic E-state index is 5.98. The predicted molar refractivity (Wildman–Crippen MR) is 69.6 cm³/mol. The van der Waals surface area contributed by atoms with Crippen molar-refractivity contribution in [2.24, 2.45) is 0 Å². The summed E-state index contributed by atoms with van der Waals surface area (Å²) in [6.45, 7) is 4.53. The molecule has 1 saturated heterocycles. The molecule has 2 fully saturated rings. The molecule has 1 aromatic heterocycles. The molecule has 2 heterocycles. The van der Waals surface area contributed by atoms with E-state index in [9.17, 15) is 0 Å². The molecule has 1 aliphatic heterocycles. The minimum Gasteiger partial charge on any atom is -0.375 e. The maximum Gasteiger partial charge on any atom is 0.144 e. The van der Waals surface area contributed by atoms with Gasteiger partial charge in [-0.25, -0.2) is 9.97 Å². The van der Waals surface area contributed by atoms with E-state index in [0.29, 0.717) is 17.3 Å². The van der Waals surface area contributed by atoms with E-state index in [1.807, 2.05) is 6.92 Å². The molecule has 2 unspecified atom stereocenters. The van der Waals surface area contributed by atoms with E-state index in [-0.39, 0.29) is 0 Å². The Morgan fingerprint density at radius 2 is 2.33 bits per heavy atom. The summed E-state index contributed by atoms with van der Waals surface area (Å²) in [4.78, 5) is 11.2. The first-order valence-electron chi connectivity index (χ1n) is 6.58. The molecule has 4 nitrogen and oxygen atoms in total. The van der Waals surface area contributed by atoms with E-state index < -0.39 is 0 Å². The monoisotopic (exact) mass is 267 g/mol. The summed E-state index contributed by atoms with van der Waals surface area (Å²) in [6.07, 6.45) is 4.10. The van der Waals surface area contributed by atoms with Crippen LogP contribution in [0, 0.1) is 6.92 Å². The Labute approximate surface area is 112 Å². The number of hydrogen-bond acceptors (Lipinski definition) is 4. The van der Waals surface area contributed by atoms with Crippen LogP contribution in [0.2, 0.25) is 5.15 Å². The minimum atomic E-state index is 0.416. The Hall–Kier alpha value is -0.710. The number of aryl methyl sites for hydroxylation is 1. The van der Waals surface area contributed by atoms with Crippen molar-refractivity contribution in [2.45, 2.75) is 44.9 Å². The van der Waals surface area contributed by atoms with Crippen LogP contribution in [0.15, 0.2) is 6.07 Å². The third-order valence-electron chi connectivity index (χ3n) is 3.81. The van der Waals surface area contributed by atoms with Crippen LogP contribution in [0.1, 0.15) is 30.8 Å². The lowest BCUT2D eigenvalue weighted by Crippen LogP contribution is -2.48. The highest BCUT2D eigenvalue weighted by atomic mass is 35.5. The lowest BCUT2D eigenvalue weighted by molar-refractivity contribution is -0.0596. The molecule has 1 saturated carbocycles. The smallest absolute Gasteiger partial charge is 0.144 e. The van der Waals surface area contributed by atoms with Crippen LogP contribution in [0.3, 0.4) is 0 Å². The van der Waals surface area contributed by atoms with Gasteiger partial charge in [-0.15, -0.1) is 0 Å². The van der Waals surface area contributed by atoms with Gasteiger partial charge in [-0.2, -0.15) is 0 Å². The summed E-state index contributed by atoms with van der Waals surface area (Å²) in [5.41, 5.74) is 0.932. The second-order valence-electron chi connectivity index (χ2n) is 5.13. The van der Waals surface area contributed by atoms with Crippen LogP contribution in [0.25, 0.3) is 0 Å². The Bertz CT molecular complexity index is 420. The average molecular weight is 268 g/mol. The van der Waals surface area contributed by atoms with E-state index in [1.165, 1.54) is 19.3 Å². The standard InChI is InChI=1S/C13H18ClN3O/c1-9-7-12(14)16-13(15-9)8-17-5-6-18-11-4-2-3-10(11)17/h7,10-11H,2-6,8H2,1H3. The molecule has 0 N–H and O–H groups in total. The summed E-state index contributed by atoms with van der Waals surface area (Å²) in [5, 5.41) is 0.536. The van der Waals surface area contributed by atoms with Crippen molar-refractivity contribution in [1.29, 1.82) is 0 Å². The number of fused-ring (bicyclic) bond motifs is 1. The maximum atomic E-state index is 5.98. The molecule has 2 aliphatic rings. The largest absolute Gasteiger partial charge is 0.375 e. The summed E-state index contributed by atoms with van der Waals surface area (Å²) in [7, 11) is 0. The topological polar surface area (TPSA) is 38.2 Å². The Kier molecular flexibility index (Phi) is 3.50. The van der Waals surface area contributed by atoms with Crippen molar-refractivity contribution >= 4 is 11.6 Å². The van der Waals surface area contributed by atoms with Crippen LogP contribution in [0.4, 0.5) is 0 Å². The van der Waals surface area contributed by atoms with Crippen LogP contribution in [-0.4, -0.2) is 40.2 Å². The van der Waals surface area contributed by atoms with Crippen molar-refractivity contribution in [2.75, 3.05) is 13.2 Å². The van der Waals surface area contributed by atoms with Crippen molar-refractivity contribution in [3.63, 3.8) is 0 Å². The van der Waals surface area contributed by atoms with E-state index in [0.717, 1.165) is 31.2 Å². The molecule has 0 radical (unpaired) electrons. The van der Waals surface area contributed by atoms with E-state index in [1.54, 1.807) is 6.07 Å². The number of ether oxygens (including phenoxy) is 1. The molecule has 1 aliphatic carbocycles. The van der Waals surface area contributed by atoms with Gasteiger partial charge in [0.05, 0.1) is 19.3 Å². The molecule has 98 valence electrons. The fourth-order valence-corrected chi connectivity index (χ4v) is 3.30. The lowest BCUT2D eigenvalue weighted by atomic mass is 10.1. The average Bonchev–Trinajstić information content (AvgIpc) is 2.76. The first kappa shape index (κ1) is 12.3. The van der Waals surface area contributed by atoms with E-state index >= 15 is 0 Å². The highest BCUT2D eigenvalue weighted by Crippen LogP contribution is 2.30. The van der Waals surface area contributed by atoms with Crippen molar-refractivity contribution in [1.82, 2.24) is 14.9 Å². The van der Waals surface area contributed by atoms with Gasteiger partial charge in [0.25, 0.3) is 0 Å². The third-order valence-corrected chi connectivity index (χ3v) is 4.00. The van der Waals surface area contributed by atoms with Crippen LogP contribution < -0.4 is 0 Å². The lowest BCUT2D eigenvalue weighted by Gasteiger charge is -2.37. The second-order valence-corrected chi connectivity index (χ2v) is 5.51.